The molecule has 1 heterocycles. The SMILES string of the molecule is NC(=O)C(F)(F)c1cccnc1. The first-order chi connectivity index (χ1) is 5.55. The highest BCUT2D eigenvalue weighted by atomic mass is 19.3. The van der Waals surface area contributed by atoms with E-state index in [0.29, 0.717) is 0 Å². The number of nitrogens with zero attached hydrogens (tertiary/aromatic N) is 1. The molecule has 0 spiro atoms. The number of pyridine rings is 1. The van der Waals surface area contributed by atoms with Gasteiger partial charge in [-0.1, -0.05) is 0 Å². The van der Waals surface area contributed by atoms with Crippen molar-refractivity contribution in [3.05, 3.63) is 30.1 Å². The smallest absolute Gasteiger partial charge is 0.351 e. The second-order valence-electron chi connectivity index (χ2n) is 2.18. The number of amides is 1. The van der Waals surface area contributed by atoms with Crippen molar-refractivity contribution in [1.29, 1.82) is 0 Å². The lowest BCUT2D eigenvalue weighted by atomic mass is 10.1. The molecule has 0 aliphatic rings. The molecule has 0 aliphatic heterocycles. The Balaban J connectivity index is 3.06. The maximum absolute atomic E-state index is 12.8. The van der Waals surface area contributed by atoms with Crippen LogP contribution in [0.5, 0.6) is 0 Å². The van der Waals surface area contributed by atoms with Gasteiger partial charge in [0.2, 0.25) is 0 Å². The summed E-state index contributed by atoms with van der Waals surface area (Å²) in [7, 11) is 0. The summed E-state index contributed by atoms with van der Waals surface area (Å²) >= 11 is 0. The Kier molecular flexibility index (Phi) is 2.03. The largest absolute Gasteiger partial charge is 0.364 e. The minimum Gasteiger partial charge on any atom is -0.364 e. The summed E-state index contributed by atoms with van der Waals surface area (Å²) in [5, 5.41) is 0. The maximum atomic E-state index is 12.8. The summed E-state index contributed by atoms with van der Waals surface area (Å²) in [5.74, 6) is -5.30. The summed E-state index contributed by atoms with van der Waals surface area (Å²) in [4.78, 5) is 13.7. The number of halogens is 2. The molecule has 12 heavy (non-hydrogen) atoms. The van der Waals surface area contributed by atoms with Gasteiger partial charge in [0.1, 0.15) is 0 Å². The Bertz CT molecular complexity index is 287. The van der Waals surface area contributed by atoms with Crippen LogP contribution in [0.3, 0.4) is 0 Å². The van der Waals surface area contributed by atoms with E-state index >= 15 is 0 Å². The molecule has 1 rings (SSSR count). The van der Waals surface area contributed by atoms with Crippen molar-refractivity contribution in [1.82, 2.24) is 4.98 Å². The van der Waals surface area contributed by atoms with Gasteiger partial charge in [0.15, 0.2) is 0 Å². The van der Waals surface area contributed by atoms with E-state index in [1.54, 1.807) is 0 Å². The van der Waals surface area contributed by atoms with E-state index in [1.165, 1.54) is 12.3 Å². The van der Waals surface area contributed by atoms with E-state index in [2.05, 4.69) is 10.7 Å². The summed E-state index contributed by atoms with van der Waals surface area (Å²) in [6.07, 6.45) is 2.24. The van der Waals surface area contributed by atoms with Gasteiger partial charge in [-0.15, -0.1) is 0 Å². The maximum Gasteiger partial charge on any atom is 0.351 e. The Labute approximate surface area is 67.2 Å². The monoisotopic (exact) mass is 172 g/mol. The zero-order chi connectivity index (χ0) is 9.19. The van der Waals surface area contributed by atoms with Crippen molar-refractivity contribution < 1.29 is 13.6 Å². The minimum atomic E-state index is -3.63. The lowest BCUT2D eigenvalue weighted by molar-refractivity contribution is -0.143. The normalized spacial score (nSPS) is 11.2. The third-order valence-electron chi connectivity index (χ3n) is 1.33. The summed E-state index contributed by atoms with van der Waals surface area (Å²) < 4.78 is 25.5. The first kappa shape index (κ1) is 8.58. The summed E-state index contributed by atoms with van der Waals surface area (Å²) in [6.45, 7) is 0. The molecule has 5 heteroatoms. The number of rotatable bonds is 2. The highest BCUT2D eigenvalue weighted by Crippen LogP contribution is 2.25. The molecule has 0 saturated heterocycles. The average molecular weight is 172 g/mol. The number of carbonyl (C=O) groups is 1. The van der Waals surface area contributed by atoms with Gasteiger partial charge in [0, 0.05) is 18.0 Å². The van der Waals surface area contributed by atoms with Crippen molar-refractivity contribution in [2.24, 2.45) is 5.73 Å². The number of aromatic nitrogens is 1. The topological polar surface area (TPSA) is 56.0 Å². The molecule has 0 aliphatic carbocycles. The molecule has 1 aromatic heterocycles. The molecule has 0 bridgehead atoms. The predicted molar refractivity (Wildman–Crippen MR) is 37.3 cm³/mol. The fraction of sp³-hybridized carbons (Fsp3) is 0.143. The third-order valence-corrected chi connectivity index (χ3v) is 1.33. The summed E-state index contributed by atoms with van der Waals surface area (Å²) in [6, 6.07) is 2.41. The van der Waals surface area contributed by atoms with Gasteiger partial charge in [-0.2, -0.15) is 8.78 Å². The van der Waals surface area contributed by atoms with Gasteiger partial charge in [-0.05, 0) is 12.1 Å². The molecule has 0 unspecified atom stereocenters. The first-order valence-corrected chi connectivity index (χ1v) is 3.13. The van der Waals surface area contributed by atoms with Crippen LogP contribution in [0.4, 0.5) is 8.78 Å². The minimum absolute atomic E-state index is 0.488. The second kappa shape index (κ2) is 2.84. The van der Waals surface area contributed by atoms with Gasteiger partial charge in [-0.25, -0.2) is 0 Å². The standard InChI is InChI=1S/C7H6F2N2O/c8-7(9,6(10)12)5-2-1-3-11-4-5/h1-4H,(H2,10,12). The lowest BCUT2D eigenvalue weighted by Crippen LogP contribution is -2.32. The van der Waals surface area contributed by atoms with Crippen LogP contribution >= 0.6 is 0 Å². The van der Waals surface area contributed by atoms with Crippen LogP contribution in [0.25, 0.3) is 0 Å². The Morgan fingerprint density at radius 2 is 2.25 bits per heavy atom. The van der Waals surface area contributed by atoms with Crippen LogP contribution in [-0.2, 0) is 10.7 Å². The first-order valence-electron chi connectivity index (χ1n) is 3.13. The van der Waals surface area contributed by atoms with Gasteiger partial charge in [0.05, 0.1) is 0 Å². The van der Waals surface area contributed by atoms with Crippen molar-refractivity contribution in [2.45, 2.75) is 5.92 Å². The Hall–Kier alpha value is -1.52. The molecular formula is C7H6F2N2O. The number of primary amides is 1. The van der Waals surface area contributed by atoms with Crippen LogP contribution in [0.15, 0.2) is 24.5 Å². The molecular weight excluding hydrogens is 166 g/mol. The molecule has 64 valence electrons. The van der Waals surface area contributed by atoms with Crippen LogP contribution in [0.2, 0.25) is 0 Å². The molecule has 1 aromatic rings. The Morgan fingerprint density at radius 3 is 2.67 bits per heavy atom. The van der Waals surface area contributed by atoms with Crippen molar-refractivity contribution in [3.8, 4) is 0 Å². The van der Waals surface area contributed by atoms with Gasteiger partial charge < -0.3 is 5.73 Å². The van der Waals surface area contributed by atoms with Gasteiger partial charge >= 0.3 is 5.92 Å². The predicted octanol–water partition coefficient (Wildman–Crippen LogP) is 0.659. The lowest BCUT2D eigenvalue weighted by Gasteiger charge is -2.10. The third kappa shape index (κ3) is 1.39. The van der Waals surface area contributed by atoms with E-state index in [9.17, 15) is 13.6 Å². The number of hydrogen-bond donors (Lipinski definition) is 1. The molecule has 0 radical (unpaired) electrons. The number of nitrogens with two attached hydrogens (primary N) is 1. The van der Waals surface area contributed by atoms with Crippen LogP contribution in [0, 0.1) is 0 Å². The van der Waals surface area contributed by atoms with Crippen LogP contribution < -0.4 is 5.73 Å². The van der Waals surface area contributed by atoms with E-state index in [4.69, 9.17) is 0 Å². The van der Waals surface area contributed by atoms with Crippen molar-refractivity contribution >= 4 is 5.91 Å². The number of carbonyl (C=O) groups excluding carboxylic acids is 1. The van der Waals surface area contributed by atoms with E-state index in [0.717, 1.165) is 12.3 Å². The highest BCUT2D eigenvalue weighted by Gasteiger charge is 2.38. The van der Waals surface area contributed by atoms with Crippen LogP contribution in [0.1, 0.15) is 5.56 Å². The number of hydrogen-bond acceptors (Lipinski definition) is 2. The molecule has 3 nitrogen and oxygen atoms in total. The average Bonchev–Trinajstić information content (AvgIpc) is 2.06. The zero-order valence-corrected chi connectivity index (χ0v) is 6.00. The Morgan fingerprint density at radius 1 is 1.58 bits per heavy atom. The van der Waals surface area contributed by atoms with Crippen LogP contribution in [-0.4, -0.2) is 10.9 Å². The molecule has 0 saturated carbocycles. The highest BCUT2D eigenvalue weighted by molar-refractivity contribution is 5.82. The van der Waals surface area contributed by atoms with Gasteiger partial charge in [0.25, 0.3) is 5.91 Å². The summed E-state index contributed by atoms with van der Waals surface area (Å²) in [5.41, 5.74) is 4.00. The van der Waals surface area contributed by atoms with Crippen molar-refractivity contribution in [3.63, 3.8) is 0 Å². The number of alkyl halides is 2. The van der Waals surface area contributed by atoms with E-state index in [1.807, 2.05) is 0 Å². The molecule has 2 N–H and O–H groups in total. The molecule has 0 fully saturated rings. The van der Waals surface area contributed by atoms with E-state index in [-0.39, 0.29) is 0 Å². The van der Waals surface area contributed by atoms with Crippen molar-refractivity contribution in [2.75, 3.05) is 0 Å². The fourth-order valence-corrected chi connectivity index (χ4v) is 0.691. The molecule has 1 amide bonds. The fourth-order valence-electron chi connectivity index (χ4n) is 0.691. The zero-order valence-electron chi connectivity index (χ0n) is 6.00. The second-order valence-corrected chi connectivity index (χ2v) is 2.18. The van der Waals surface area contributed by atoms with E-state index < -0.39 is 17.4 Å². The molecule has 0 atom stereocenters. The molecule has 0 aromatic carbocycles. The quantitative estimate of drug-likeness (QED) is 0.712. The van der Waals surface area contributed by atoms with Gasteiger partial charge in [-0.3, -0.25) is 9.78 Å².